The van der Waals surface area contributed by atoms with E-state index in [1.165, 1.54) is 12.1 Å². The first kappa shape index (κ1) is 16.9. The number of likely N-dealkylation sites (tertiary alicyclic amines) is 1. The molecule has 1 aromatic heterocycles. The lowest BCUT2D eigenvalue weighted by Gasteiger charge is -2.26. The molecule has 2 atom stereocenters. The molecular weight excluding hydrogens is 319 g/mol. The first-order chi connectivity index (χ1) is 11.4. The van der Waals surface area contributed by atoms with E-state index in [2.05, 4.69) is 14.9 Å². The van der Waals surface area contributed by atoms with Crippen LogP contribution < -0.4 is 0 Å². The molecule has 0 bridgehead atoms. The smallest absolute Gasteiger partial charge is 0.387 e. The first-order valence-electron chi connectivity index (χ1n) is 7.81. The fraction of sp³-hybridized carbons (Fsp3) is 0.412. The number of aliphatic hydroxyl groups excluding tert-OH is 1. The molecule has 4 nitrogen and oxygen atoms in total. The van der Waals surface area contributed by atoms with Crippen LogP contribution in [0.3, 0.4) is 0 Å². The van der Waals surface area contributed by atoms with Crippen molar-refractivity contribution < 1.29 is 18.3 Å². The highest BCUT2D eigenvalue weighted by atomic mass is 19.4. The van der Waals surface area contributed by atoms with Gasteiger partial charge in [-0.2, -0.15) is 13.2 Å². The van der Waals surface area contributed by atoms with E-state index in [4.69, 9.17) is 0 Å². The molecule has 1 aromatic carbocycles. The topological polar surface area (TPSA) is 49.2 Å². The fourth-order valence-corrected chi connectivity index (χ4v) is 3.04. The molecule has 0 aliphatic carbocycles. The second kappa shape index (κ2) is 6.86. The third kappa shape index (κ3) is 3.73. The molecule has 0 saturated carbocycles. The van der Waals surface area contributed by atoms with Crippen LogP contribution in [0.15, 0.2) is 42.7 Å². The van der Waals surface area contributed by atoms with Crippen LogP contribution in [0.4, 0.5) is 13.2 Å². The quantitative estimate of drug-likeness (QED) is 0.929. The average molecular weight is 337 g/mol. The Morgan fingerprint density at radius 1 is 1.17 bits per heavy atom. The van der Waals surface area contributed by atoms with Gasteiger partial charge in [-0.05, 0) is 43.1 Å². The summed E-state index contributed by atoms with van der Waals surface area (Å²) in [6.45, 7) is 1.15. The van der Waals surface area contributed by atoms with Crippen LogP contribution in [0.1, 0.15) is 41.9 Å². The van der Waals surface area contributed by atoms with Crippen molar-refractivity contribution in [2.24, 2.45) is 0 Å². The van der Waals surface area contributed by atoms with E-state index in [0.717, 1.165) is 37.3 Å². The Balaban J connectivity index is 1.69. The SMILES string of the molecule is O[C@H](CN1CCCC1c1ncccn1)c1ccc(C(F)(F)F)cc1. The van der Waals surface area contributed by atoms with Crippen LogP contribution in [0, 0.1) is 0 Å². The molecule has 1 saturated heterocycles. The highest BCUT2D eigenvalue weighted by Gasteiger charge is 2.31. The maximum atomic E-state index is 12.6. The third-order valence-corrected chi connectivity index (χ3v) is 4.28. The largest absolute Gasteiger partial charge is 0.416 e. The molecule has 1 N–H and O–H groups in total. The number of alkyl halides is 3. The number of nitrogens with zero attached hydrogens (tertiary/aromatic N) is 3. The summed E-state index contributed by atoms with van der Waals surface area (Å²) < 4.78 is 37.8. The predicted molar refractivity (Wildman–Crippen MR) is 82.0 cm³/mol. The van der Waals surface area contributed by atoms with Crippen molar-refractivity contribution in [1.82, 2.24) is 14.9 Å². The Kier molecular flexibility index (Phi) is 4.82. The van der Waals surface area contributed by atoms with Crippen LogP contribution >= 0.6 is 0 Å². The van der Waals surface area contributed by atoms with E-state index in [1.54, 1.807) is 18.5 Å². The molecule has 0 amide bonds. The molecule has 7 heteroatoms. The summed E-state index contributed by atoms with van der Waals surface area (Å²) >= 11 is 0. The van der Waals surface area contributed by atoms with Gasteiger partial charge >= 0.3 is 6.18 Å². The summed E-state index contributed by atoms with van der Waals surface area (Å²) in [4.78, 5) is 10.6. The third-order valence-electron chi connectivity index (χ3n) is 4.28. The van der Waals surface area contributed by atoms with Crippen molar-refractivity contribution >= 4 is 0 Å². The standard InChI is InChI=1S/C17H18F3N3O/c18-17(19,20)13-6-4-12(5-7-13)15(24)11-23-10-1-3-14(23)16-21-8-2-9-22-16/h2,4-9,14-15,24H,1,3,10-11H2/t14?,15-/m1/s1. The van der Waals surface area contributed by atoms with Crippen molar-refractivity contribution in [1.29, 1.82) is 0 Å². The van der Waals surface area contributed by atoms with Crippen LogP contribution in [0.25, 0.3) is 0 Å². The number of benzene rings is 1. The minimum absolute atomic E-state index is 0.0373. The molecule has 0 radical (unpaired) electrons. The molecule has 1 fully saturated rings. The first-order valence-corrected chi connectivity index (χ1v) is 7.81. The van der Waals surface area contributed by atoms with Crippen molar-refractivity contribution in [3.63, 3.8) is 0 Å². The fourth-order valence-electron chi connectivity index (χ4n) is 3.04. The van der Waals surface area contributed by atoms with E-state index in [1.807, 2.05) is 0 Å². The van der Waals surface area contributed by atoms with E-state index in [-0.39, 0.29) is 6.04 Å². The lowest BCUT2D eigenvalue weighted by atomic mass is 10.1. The highest BCUT2D eigenvalue weighted by molar-refractivity contribution is 5.26. The van der Waals surface area contributed by atoms with Gasteiger partial charge in [0.05, 0.1) is 17.7 Å². The van der Waals surface area contributed by atoms with E-state index in [9.17, 15) is 18.3 Å². The van der Waals surface area contributed by atoms with Crippen molar-refractivity contribution in [3.8, 4) is 0 Å². The number of aliphatic hydroxyl groups is 1. The predicted octanol–water partition coefficient (Wildman–Crippen LogP) is 3.37. The zero-order valence-electron chi connectivity index (χ0n) is 12.9. The van der Waals surface area contributed by atoms with Gasteiger partial charge in [0.2, 0.25) is 0 Å². The Morgan fingerprint density at radius 2 is 1.83 bits per heavy atom. The zero-order valence-corrected chi connectivity index (χ0v) is 12.9. The summed E-state index contributed by atoms with van der Waals surface area (Å²) in [6.07, 6.45) is 0.0354. The van der Waals surface area contributed by atoms with Crippen molar-refractivity contribution in [3.05, 3.63) is 59.7 Å². The number of β-amino-alcohol motifs (C(OH)–C–C–N with tert-alkyl or cyclic N) is 1. The Hall–Kier alpha value is -1.99. The summed E-state index contributed by atoms with van der Waals surface area (Å²) in [5.41, 5.74) is -0.238. The molecule has 1 unspecified atom stereocenters. The average Bonchev–Trinajstić information content (AvgIpc) is 3.03. The number of halogens is 3. The number of hydrogen-bond acceptors (Lipinski definition) is 4. The Bertz CT molecular complexity index is 661. The van der Waals surface area contributed by atoms with Crippen molar-refractivity contribution in [2.45, 2.75) is 31.2 Å². The summed E-state index contributed by atoms with van der Waals surface area (Å²) in [7, 11) is 0. The van der Waals surface area contributed by atoms with Gasteiger partial charge in [0.1, 0.15) is 5.82 Å². The van der Waals surface area contributed by atoms with Crippen LogP contribution in [0.2, 0.25) is 0 Å². The normalized spacial score (nSPS) is 20.2. The molecule has 2 aromatic rings. The monoisotopic (exact) mass is 337 g/mol. The molecule has 1 aliphatic heterocycles. The lowest BCUT2D eigenvalue weighted by molar-refractivity contribution is -0.137. The van der Waals surface area contributed by atoms with E-state index < -0.39 is 17.8 Å². The van der Waals surface area contributed by atoms with Gasteiger partial charge in [-0.3, -0.25) is 4.90 Å². The molecule has 128 valence electrons. The van der Waals surface area contributed by atoms with Crippen LogP contribution in [-0.4, -0.2) is 33.1 Å². The zero-order chi connectivity index (χ0) is 17.2. The minimum Gasteiger partial charge on any atom is -0.387 e. The van der Waals surface area contributed by atoms with Gasteiger partial charge < -0.3 is 5.11 Å². The molecule has 1 aliphatic rings. The summed E-state index contributed by atoms with van der Waals surface area (Å²) in [6, 6.07) is 6.45. The van der Waals surface area contributed by atoms with Gasteiger partial charge in [-0.1, -0.05) is 12.1 Å². The van der Waals surface area contributed by atoms with E-state index >= 15 is 0 Å². The molecule has 2 heterocycles. The summed E-state index contributed by atoms with van der Waals surface area (Å²) in [5.74, 6) is 0.717. The molecular formula is C17H18F3N3O. The second-order valence-corrected chi connectivity index (χ2v) is 5.90. The summed E-state index contributed by atoms with van der Waals surface area (Å²) in [5, 5.41) is 10.4. The van der Waals surface area contributed by atoms with Crippen LogP contribution in [0.5, 0.6) is 0 Å². The molecule has 24 heavy (non-hydrogen) atoms. The maximum absolute atomic E-state index is 12.6. The molecule has 0 spiro atoms. The molecule has 3 rings (SSSR count). The number of rotatable bonds is 4. The lowest BCUT2D eigenvalue weighted by Crippen LogP contribution is -2.29. The van der Waals surface area contributed by atoms with Crippen LogP contribution in [-0.2, 0) is 6.18 Å². The minimum atomic E-state index is -4.37. The number of hydrogen-bond donors (Lipinski definition) is 1. The van der Waals surface area contributed by atoms with Crippen molar-refractivity contribution in [2.75, 3.05) is 13.1 Å². The number of aromatic nitrogens is 2. The van der Waals surface area contributed by atoms with Gasteiger partial charge in [0.25, 0.3) is 0 Å². The highest BCUT2D eigenvalue weighted by Crippen LogP contribution is 2.33. The van der Waals surface area contributed by atoms with Gasteiger partial charge in [-0.25, -0.2) is 9.97 Å². The van der Waals surface area contributed by atoms with Gasteiger partial charge in [0, 0.05) is 18.9 Å². The van der Waals surface area contributed by atoms with Gasteiger partial charge in [-0.15, -0.1) is 0 Å². The van der Waals surface area contributed by atoms with Gasteiger partial charge in [0.15, 0.2) is 0 Å². The Labute approximate surface area is 138 Å². The Morgan fingerprint density at radius 3 is 2.46 bits per heavy atom. The second-order valence-electron chi connectivity index (χ2n) is 5.90. The maximum Gasteiger partial charge on any atom is 0.416 e. The van der Waals surface area contributed by atoms with E-state index in [0.29, 0.717) is 12.1 Å².